The molecular formula is C22H28ClF3N2O3S. The SMILES string of the molecule is CO[C@H]1CCN(Cc2ccc([C@H](NS(C)(=O)=O)C(F)(F)F)cc2)C[C@@H]1c1ccccc1.Cl. The van der Waals surface area contributed by atoms with Crippen LogP contribution in [0.2, 0.25) is 0 Å². The number of halogens is 4. The highest BCUT2D eigenvalue weighted by molar-refractivity contribution is 7.88. The lowest BCUT2D eigenvalue weighted by Gasteiger charge is -2.38. The third-order valence-corrected chi connectivity index (χ3v) is 6.21. The van der Waals surface area contributed by atoms with E-state index in [2.05, 4.69) is 17.0 Å². The Balaban J connectivity index is 0.00000363. The number of sulfonamides is 1. The van der Waals surface area contributed by atoms with E-state index < -0.39 is 22.2 Å². The van der Waals surface area contributed by atoms with Crippen molar-refractivity contribution in [1.82, 2.24) is 9.62 Å². The van der Waals surface area contributed by atoms with E-state index in [4.69, 9.17) is 4.74 Å². The van der Waals surface area contributed by atoms with Crippen LogP contribution in [0.1, 0.15) is 35.1 Å². The van der Waals surface area contributed by atoms with Crippen LogP contribution in [-0.4, -0.2) is 52.1 Å². The number of rotatable bonds is 7. The average molecular weight is 493 g/mol. The first-order valence-corrected chi connectivity index (χ1v) is 11.9. The van der Waals surface area contributed by atoms with E-state index in [1.54, 1.807) is 24.0 Å². The van der Waals surface area contributed by atoms with Crippen molar-refractivity contribution in [3.05, 3.63) is 71.3 Å². The number of nitrogens with one attached hydrogen (secondary N) is 1. The molecule has 1 aliphatic heterocycles. The molecule has 0 radical (unpaired) electrons. The fourth-order valence-corrected chi connectivity index (χ4v) is 4.75. The van der Waals surface area contributed by atoms with Crippen LogP contribution in [0, 0.1) is 0 Å². The van der Waals surface area contributed by atoms with Crippen LogP contribution < -0.4 is 4.72 Å². The van der Waals surface area contributed by atoms with Crippen LogP contribution >= 0.6 is 12.4 Å². The van der Waals surface area contributed by atoms with Crippen molar-refractivity contribution in [2.75, 3.05) is 26.5 Å². The second kappa shape index (κ2) is 11.0. The molecule has 1 N–H and O–H groups in total. The van der Waals surface area contributed by atoms with Crippen molar-refractivity contribution in [3.8, 4) is 0 Å². The first-order chi connectivity index (χ1) is 14.6. The van der Waals surface area contributed by atoms with Crippen LogP contribution in [0.25, 0.3) is 0 Å². The topological polar surface area (TPSA) is 58.6 Å². The fourth-order valence-electron chi connectivity index (χ4n) is 4.06. The van der Waals surface area contributed by atoms with Gasteiger partial charge in [0.2, 0.25) is 10.0 Å². The molecule has 0 aromatic heterocycles. The molecular weight excluding hydrogens is 465 g/mol. The normalized spacial score (nSPS) is 21.0. The fraction of sp³-hybridized carbons (Fsp3) is 0.455. The van der Waals surface area contributed by atoms with E-state index in [1.165, 1.54) is 17.7 Å². The van der Waals surface area contributed by atoms with Crippen LogP contribution in [0.4, 0.5) is 13.2 Å². The first-order valence-electron chi connectivity index (χ1n) is 10.00. The van der Waals surface area contributed by atoms with E-state index in [1.807, 2.05) is 18.2 Å². The van der Waals surface area contributed by atoms with E-state index in [0.29, 0.717) is 12.8 Å². The predicted molar refractivity (Wildman–Crippen MR) is 120 cm³/mol. The number of hydrogen-bond donors (Lipinski definition) is 1. The summed E-state index contributed by atoms with van der Waals surface area (Å²) in [5.74, 6) is 0.216. The summed E-state index contributed by atoms with van der Waals surface area (Å²) in [6, 6.07) is 13.8. The molecule has 1 fully saturated rings. The van der Waals surface area contributed by atoms with Crippen LogP contribution in [0.15, 0.2) is 54.6 Å². The summed E-state index contributed by atoms with van der Waals surface area (Å²) in [6.45, 7) is 2.20. The van der Waals surface area contributed by atoms with Crippen molar-refractivity contribution < 1.29 is 26.3 Å². The quantitative estimate of drug-likeness (QED) is 0.627. The Morgan fingerprint density at radius 1 is 1.12 bits per heavy atom. The second-order valence-electron chi connectivity index (χ2n) is 7.92. The molecule has 1 saturated heterocycles. The first kappa shape index (κ1) is 26.6. The number of alkyl halides is 3. The van der Waals surface area contributed by atoms with Gasteiger partial charge in [0, 0.05) is 32.7 Å². The number of benzene rings is 2. The van der Waals surface area contributed by atoms with Gasteiger partial charge in [-0.25, -0.2) is 8.42 Å². The monoisotopic (exact) mass is 492 g/mol. The minimum absolute atomic E-state index is 0. The third-order valence-electron chi connectivity index (χ3n) is 5.54. The molecule has 0 bridgehead atoms. The maximum absolute atomic E-state index is 13.3. The van der Waals surface area contributed by atoms with Gasteiger partial charge in [-0.15, -0.1) is 12.4 Å². The molecule has 0 unspecified atom stereocenters. The summed E-state index contributed by atoms with van der Waals surface area (Å²) >= 11 is 0. The maximum Gasteiger partial charge on any atom is 0.408 e. The molecule has 3 atom stereocenters. The zero-order valence-corrected chi connectivity index (χ0v) is 19.5. The molecule has 0 aliphatic carbocycles. The van der Waals surface area contributed by atoms with Gasteiger partial charge in [-0.05, 0) is 23.1 Å². The minimum Gasteiger partial charge on any atom is -0.381 e. The van der Waals surface area contributed by atoms with Crippen molar-refractivity contribution in [3.63, 3.8) is 0 Å². The zero-order valence-electron chi connectivity index (χ0n) is 17.9. The van der Waals surface area contributed by atoms with Gasteiger partial charge in [0.25, 0.3) is 0 Å². The summed E-state index contributed by atoms with van der Waals surface area (Å²) in [7, 11) is -2.30. The Hall–Kier alpha value is -1.65. The lowest BCUT2D eigenvalue weighted by molar-refractivity contribution is -0.153. The van der Waals surface area contributed by atoms with Crippen molar-refractivity contribution in [2.45, 2.75) is 37.2 Å². The smallest absolute Gasteiger partial charge is 0.381 e. The molecule has 10 heteroatoms. The van der Waals surface area contributed by atoms with Crippen molar-refractivity contribution in [1.29, 1.82) is 0 Å². The Bertz CT molecular complexity index is 957. The van der Waals surface area contributed by atoms with Gasteiger partial charge in [-0.1, -0.05) is 54.6 Å². The van der Waals surface area contributed by atoms with Crippen molar-refractivity contribution >= 4 is 22.4 Å². The molecule has 3 rings (SSSR count). The molecule has 2 aromatic carbocycles. The van der Waals surface area contributed by atoms with Gasteiger partial charge in [0.05, 0.1) is 12.4 Å². The number of hydrogen-bond acceptors (Lipinski definition) is 4. The van der Waals surface area contributed by atoms with E-state index in [0.717, 1.165) is 25.1 Å². The second-order valence-corrected chi connectivity index (χ2v) is 9.70. The molecule has 1 aliphatic rings. The molecule has 5 nitrogen and oxygen atoms in total. The molecule has 0 saturated carbocycles. The van der Waals surface area contributed by atoms with E-state index >= 15 is 0 Å². The van der Waals surface area contributed by atoms with Gasteiger partial charge in [-0.3, -0.25) is 4.90 Å². The lowest BCUT2D eigenvalue weighted by Crippen LogP contribution is -2.42. The number of methoxy groups -OCH3 is 1. The predicted octanol–water partition coefficient (Wildman–Crippen LogP) is 4.27. The Labute approximate surface area is 193 Å². The maximum atomic E-state index is 13.3. The van der Waals surface area contributed by atoms with Gasteiger partial charge >= 0.3 is 6.18 Å². The largest absolute Gasteiger partial charge is 0.408 e. The van der Waals surface area contributed by atoms with Gasteiger partial charge in [0.15, 0.2) is 0 Å². The van der Waals surface area contributed by atoms with Crippen LogP contribution in [0.5, 0.6) is 0 Å². The van der Waals surface area contributed by atoms with Gasteiger partial charge in [-0.2, -0.15) is 17.9 Å². The van der Waals surface area contributed by atoms with Crippen LogP contribution in [0.3, 0.4) is 0 Å². The van der Waals surface area contributed by atoms with Crippen LogP contribution in [-0.2, 0) is 21.3 Å². The van der Waals surface area contributed by atoms with Crippen molar-refractivity contribution in [2.24, 2.45) is 0 Å². The molecule has 0 spiro atoms. The third kappa shape index (κ3) is 7.18. The van der Waals surface area contributed by atoms with E-state index in [9.17, 15) is 21.6 Å². The Morgan fingerprint density at radius 2 is 1.75 bits per heavy atom. The minimum atomic E-state index is -4.73. The highest BCUT2D eigenvalue weighted by Crippen LogP contribution is 2.34. The number of ether oxygens (including phenoxy) is 1. The summed E-state index contributed by atoms with van der Waals surface area (Å²) < 4.78 is 70.1. The summed E-state index contributed by atoms with van der Waals surface area (Å²) in [4.78, 5) is 2.26. The average Bonchev–Trinajstić information content (AvgIpc) is 2.72. The molecule has 32 heavy (non-hydrogen) atoms. The number of nitrogens with zero attached hydrogens (tertiary/aromatic N) is 1. The number of likely N-dealkylation sites (tertiary alicyclic amines) is 1. The van der Waals surface area contributed by atoms with Gasteiger partial charge in [0.1, 0.15) is 6.04 Å². The van der Waals surface area contributed by atoms with E-state index in [-0.39, 0.29) is 30.0 Å². The summed E-state index contributed by atoms with van der Waals surface area (Å²) in [5, 5.41) is 0. The Kier molecular flexibility index (Phi) is 9.13. The summed E-state index contributed by atoms with van der Waals surface area (Å²) in [5.41, 5.74) is 1.93. The lowest BCUT2D eigenvalue weighted by atomic mass is 9.87. The van der Waals surface area contributed by atoms with Gasteiger partial charge < -0.3 is 4.74 Å². The standard InChI is InChI=1S/C22H27F3N2O3S.ClH/c1-30-20-12-13-27(15-19(20)17-6-4-3-5-7-17)14-16-8-10-18(11-9-16)21(22(23,24)25)26-31(2,28)29;/h3-11,19-21,26H,12-15H2,1-2H3;1H/t19-,20+,21+;/m1./s1. The molecule has 1 heterocycles. The molecule has 178 valence electrons. The highest BCUT2D eigenvalue weighted by Gasteiger charge is 2.42. The molecule has 0 amide bonds. The Morgan fingerprint density at radius 3 is 2.28 bits per heavy atom. The zero-order chi connectivity index (χ0) is 22.6. The highest BCUT2D eigenvalue weighted by atomic mass is 35.5. The number of piperidine rings is 1. The molecule has 2 aromatic rings. The summed E-state index contributed by atoms with van der Waals surface area (Å²) in [6.07, 6.45) is -3.03.